The third-order valence-electron chi connectivity index (χ3n) is 3.30. The number of likely N-dealkylation sites (tertiary alicyclic amines) is 1. The molecular weight excluding hydrogens is 273 g/mol. The molecule has 0 radical (unpaired) electrons. The number of piperidine rings is 1. The van der Waals surface area contributed by atoms with Crippen LogP contribution in [-0.2, 0) is 0 Å². The maximum Gasteiger partial charge on any atom is 0.255 e. The van der Waals surface area contributed by atoms with E-state index in [4.69, 9.17) is 23.2 Å². The van der Waals surface area contributed by atoms with Crippen LogP contribution in [0.1, 0.15) is 23.2 Å². The molecule has 1 aliphatic rings. The van der Waals surface area contributed by atoms with Gasteiger partial charge in [0.05, 0.1) is 10.6 Å². The predicted octanol–water partition coefficient (Wildman–Crippen LogP) is 3.14. The van der Waals surface area contributed by atoms with Crippen molar-refractivity contribution in [3.8, 4) is 5.75 Å². The van der Waals surface area contributed by atoms with Crippen molar-refractivity contribution in [3.05, 3.63) is 28.8 Å². The number of phenols is 1. The second-order valence-corrected chi connectivity index (χ2v) is 5.27. The number of benzene rings is 1. The normalized spacial score (nSPS) is 16.9. The Labute approximate surface area is 116 Å². The second-order valence-electron chi connectivity index (χ2n) is 4.55. The summed E-state index contributed by atoms with van der Waals surface area (Å²) in [7, 11) is 0. The lowest BCUT2D eigenvalue weighted by atomic mass is 9.98. The molecule has 1 N–H and O–H groups in total. The number of carbonyl (C=O) groups excluding carboxylic acids is 1. The number of nitrogens with zero attached hydrogens (tertiary/aromatic N) is 1. The van der Waals surface area contributed by atoms with Crippen molar-refractivity contribution < 1.29 is 9.90 Å². The van der Waals surface area contributed by atoms with Crippen LogP contribution in [0, 0.1) is 5.92 Å². The molecule has 3 nitrogen and oxygen atoms in total. The van der Waals surface area contributed by atoms with Crippen molar-refractivity contribution in [1.82, 2.24) is 4.90 Å². The van der Waals surface area contributed by atoms with Gasteiger partial charge in [0, 0.05) is 19.0 Å². The minimum Gasteiger partial charge on any atom is -0.508 e. The van der Waals surface area contributed by atoms with Gasteiger partial charge in [-0.05, 0) is 37.0 Å². The lowest BCUT2D eigenvalue weighted by Gasteiger charge is -2.31. The summed E-state index contributed by atoms with van der Waals surface area (Å²) in [5.41, 5.74) is 0.362. The first-order valence-corrected chi connectivity index (χ1v) is 6.87. The molecule has 0 bridgehead atoms. The van der Waals surface area contributed by atoms with E-state index in [1.807, 2.05) is 0 Å². The van der Waals surface area contributed by atoms with Gasteiger partial charge in [0.2, 0.25) is 0 Å². The molecule has 0 unspecified atom stereocenters. The zero-order chi connectivity index (χ0) is 13.1. The number of halogens is 2. The van der Waals surface area contributed by atoms with Crippen LogP contribution >= 0.6 is 23.2 Å². The van der Waals surface area contributed by atoms with Crippen LogP contribution in [0.5, 0.6) is 5.75 Å². The molecule has 0 saturated carbocycles. The van der Waals surface area contributed by atoms with Crippen molar-refractivity contribution in [3.63, 3.8) is 0 Å². The van der Waals surface area contributed by atoms with Gasteiger partial charge in [-0.25, -0.2) is 0 Å². The number of aromatic hydroxyl groups is 1. The number of alkyl halides is 1. The number of amides is 1. The van der Waals surface area contributed by atoms with E-state index in [9.17, 15) is 9.90 Å². The molecule has 0 aliphatic carbocycles. The van der Waals surface area contributed by atoms with E-state index in [2.05, 4.69) is 0 Å². The summed E-state index contributed by atoms with van der Waals surface area (Å²) >= 11 is 11.8. The lowest BCUT2D eigenvalue weighted by molar-refractivity contribution is 0.0698. The fourth-order valence-electron chi connectivity index (χ4n) is 2.14. The van der Waals surface area contributed by atoms with E-state index in [1.54, 1.807) is 4.90 Å². The second kappa shape index (κ2) is 5.81. The molecular formula is C13H15Cl2NO2. The summed E-state index contributed by atoms with van der Waals surface area (Å²) in [6.45, 7) is 1.39. The summed E-state index contributed by atoms with van der Waals surface area (Å²) in [4.78, 5) is 14.0. The summed E-state index contributed by atoms with van der Waals surface area (Å²) < 4.78 is 0. The van der Waals surface area contributed by atoms with Crippen LogP contribution in [0.2, 0.25) is 5.02 Å². The average molecular weight is 288 g/mol. The fourth-order valence-corrected chi connectivity index (χ4v) is 2.64. The minimum atomic E-state index is -0.121. The lowest BCUT2D eigenvalue weighted by Crippen LogP contribution is -2.38. The fraction of sp³-hybridized carbons (Fsp3) is 0.462. The summed E-state index contributed by atoms with van der Waals surface area (Å²) in [5.74, 6) is 1.08. The van der Waals surface area contributed by atoms with E-state index in [1.165, 1.54) is 18.2 Å². The molecule has 0 atom stereocenters. The van der Waals surface area contributed by atoms with Gasteiger partial charge in [0.25, 0.3) is 5.91 Å². The van der Waals surface area contributed by atoms with Crippen molar-refractivity contribution in [1.29, 1.82) is 0 Å². The number of hydrogen-bond acceptors (Lipinski definition) is 2. The number of carbonyl (C=O) groups is 1. The monoisotopic (exact) mass is 287 g/mol. The molecule has 0 spiro atoms. The van der Waals surface area contributed by atoms with Crippen LogP contribution < -0.4 is 0 Å². The smallest absolute Gasteiger partial charge is 0.255 e. The Morgan fingerprint density at radius 1 is 1.39 bits per heavy atom. The molecule has 1 heterocycles. The standard InChI is InChI=1S/C13H15Cl2NO2/c14-8-9-3-5-16(6-4-9)13(18)11-7-10(17)1-2-12(11)15/h1-2,7,9,17H,3-6,8H2. The maximum absolute atomic E-state index is 12.3. The Bertz CT molecular complexity index is 443. The number of rotatable bonds is 2. The molecule has 98 valence electrons. The third kappa shape index (κ3) is 2.90. The van der Waals surface area contributed by atoms with E-state index in [-0.39, 0.29) is 11.7 Å². The van der Waals surface area contributed by atoms with E-state index in [0.717, 1.165) is 12.8 Å². The van der Waals surface area contributed by atoms with Crippen LogP contribution in [0.4, 0.5) is 0 Å². The quantitative estimate of drug-likeness (QED) is 0.849. The first kappa shape index (κ1) is 13.5. The Kier molecular flexibility index (Phi) is 4.36. The Hall–Kier alpha value is -0.930. The minimum absolute atomic E-state index is 0.0541. The van der Waals surface area contributed by atoms with Gasteiger partial charge in [-0.15, -0.1) is 11.6 Å². The summed E-state index contributed by atoms with van der Waals surface area (Å²) in [6.07, 6.45) is 1.84. The molecule has 2 rings (SSSR count). The zero-order valence-electron chi connectivity index (χ0n) is 9.90. The highest BCUT2D eigenvalue weighted by molar-refractivity contribution is 6.33. The highest BCUT2D eigenvalue weighted by Gasteiger charge is 2.24. The zero-order valence-corrected chi connectivity index (χ0v) is 11.4. The van der Waals surface area contributed by atoms with Gasteiger partial charge < -0.3 is 10.0 Å². The number of hydrogen-bond donors (Lipinski definition) is 1. The van der Waals surface area contributed by atoms with Gasteiger partial charge in [0.15, 0.2) is 0 Å². The molecule has 18 heavy (non-hydrogen) atoms. The van der Waals surface area contributed by atoms with E-state index >= 15 is 0 Å². The predicted molar refractivity (Wildman–Crippen MR) is 72.5 cm³/mol. The van der Waals surface area contributed by atoms with Crippen LogP contribution in [0.15, 0.2) is 18.2 Å². The first-order chi connectivity index (χ1) is 8.61. The van der Waals surface area contributed by atoms with Crippen molar-refractivity contribution in [2.45, 2.75) is 12.8 Å². The van der Waals surface area contributed by atoms with Crippen molar-refractivity contribution in [2.24, 2.45) is 5.92 Å². The van der Waals surface area contributed by atoms with E-state index < -0.39 is 0 Å². The SMILES string of the molecule is O=C(c1cc(O)ccc1Cl)N1CCC(CCl)CC1. The third-order valence-corrected chi connectivity index (χ3v) is 4.07. The summed E-state index contributed by atoms with van der Waals surface area (Å²) in [5, 5.41) is 9.79. The van der Waals surface area contributed by atoms with E-state index in [0.29, 0.717) is 35.5 Å². The summed E-state index contributed by atoms with van der Waals surface area (Å²) in [6, 6.07) is 4.42. The molecule has 1 amide bonds. The molecule has 1 saturated heterocycles. The molecule has 1 fully saturated rings. The topological polar surface area (TPSA) is 40.5 Å². The number of phenolic OH excluding ortho intramolecular Hbond substituents is 1. The first-order valence-electron chi connectivity index (χ1n) is 5.95. The van der Waals surface area contributed by atoms with Gasteiger partial charge >= 0.3 is 0 Å². The molecule has 1 aromatic carbocycles. The Balaban J connectivity index is 2.10. The Morgan fingerprint density at radius 2 is 2.06 bits per heavy atom. The van der Waals surface area contributed by atoms with Crippen molar-refractivity contribution >= 4 is 29.1 Å². The largest absolute Gasteiger partial charge is 0.508 e. The molecule has 1 aromatic rings. The van der Waals surface area contributed by atoms with Gasteiger partial charge in [-0.3, -0.25) is 4.79 Å². The van der Waals surface area contributed by atoms with Crippen LogP contribution in [0.25, 0.3) is 0 Å². The van der Waals surface area contributed by atoms with Crippen molar-refractivity contribution in [2.75, 3.05) is 19.0 Å². The maximum atomic E-state index is 12.3. The Morgan fingerprint density at radius 3 is 2.67 bits per heavy atom. The van der Waals surface area contributed by atoms with Gasteiger partial charge in [-0.2, -0.15) is 0 Å². The van der Waals surface area contributed by atoms with Crippen LogP contribution in [0.3, 0.4) is 0 Å². The molecule has 0 aromatic heterocycles. The van der Waals surface area contributed by atoms with Gasteiger partial charge in [0.1, 0.15) is 5.75 Å². The highest BCUT2D eigenvalue weighted by atomic mass is 35.5. The highest BCUT2D eigenvalue weighted by Crippen LogP contribution is 2.25. The van der Waals surface area contributed by atoms with Crippen LogP contribution in [-0.4, -0.2) is 34.9 Å². The molecule has 5 heteroatoms. The average Bonchev–Trinajstić information content (AvgIpc) is 2.41. The molecule has 1 aliphatic heterocycles. The van der Waals surface area contributed by atoms with Gasteiger partial charge in [-0.1, -0.05) is 11.6 Å².